The smallest absolute Gasteiger partial charge is 0.233 e. The van der Waals surface area contributed by atoms with Gasteiger partial charge in [-0.25, -0.2) is 0 Å². The summed E-state index contributed by atoms with van der Waals surface area (Å²) in [6, 6.07) is 8.42. The summed E-state index contributed by atoms with van der Waals surface area (Å²) in [5, 5.41) is 1.25. The number of fused-ring (bicyclic) bond motifs is 2. The quantitative estimate of drug-likeness (QED) is 0.545. The van der Waals surface area contributed by atoms with Gasteiger partial charge in [-0.3, -0.25) is 19.4 Å². The van der Waals surface area contributed by atoms with E-state index in [9.17, 15) is 9.59 Å². The second-order valence-corrected chi connectivity index (χ2v) is 9.35. The van der Waals surface area contributed by atoms with Gasteiger partial charge in [0.1, 0.15) is 5.82 Å². The standard InChI is InChI=1S/C23H28N4O2S/c28-22-17-7-1-2-8-18(17)23(29)27(22)12-6-5-11-25-13-15-26(16-14-25)21-19-9-3-4-10-20(19)30-24-21/h3-6,9-10,17-18H,1-2,7-8,11-16H2/b6-5+/t17-,18+. The van der Waals surface area contributed by atoms with Gasteiger partial charge in [0.2, 0.25) is 11.8 Å². The predicted octanol–water partition coefficient (Wildman–Crippen LogP) is 3.15. The molecule has 3 aliphatic rings. The third kappa shape index (κ3) is 3.65. The van der Waals surface area contributed by atoms with Crippen molar-refractivity contribution in [1.82, 2.24) is 14.2 Å². The van der Waals surface area contributed by atoms with Crippen molar-refractivity contribution in [1.29, 1.82) is 0 Å². The molecule has 1 aromatic carbocycles. The minimum atomic E-state index is -0.0467. The van der Waals surface area contributed by atoms with Gasteiger partial charge in [-0.05, 0) is 36.5 Å². The third-order valence-corrected chi connectivity index (χ3v) is 7.60. The summed E-state index contributed by atoms with van der Waals surface area (Å²) in [5.41, 5.74) is 0. The summed E-state index contributed by atoms with van der Waals surface area (Å²) in [6.45, 7) is 5.19. The van der Waals surface area contributed by atoms with E-state index in [-0.39, 0.29) is 23.7 Å². The number of imide groups is 1. The van der Waals surface area contributed by atoms with Crippen molar-refractivity contribution in [2.24, 2.45) is 11.8 Å². The lowest BCUT2D eigenvalue weighted by Gasteiger charge is -2.34. The highest BCUT2D eigenvalue weighted by atomic mass is 32.1. The van der Waals surface area contributed by atoms with Crippen LogP contribution in [0.4, 0.5) is 5.82 Å². The van der Waals surface area contributed by atoms with Gasteiger partial charge in [0.05, 0.1) is 16.5 Å². The van der Waals surface area contributed by atoms with Gasteiger partial charge in [-0.2, -0.15) is 4.37 Å². The molecule has 6 nitrogen and oxygen atoms in total. The van der Waals surface area contributed by atoms with Gasteiger partial charge < -0.3 is 4.90 Å². The van der Waals surface area contributed by atoms with E-state index >= 15 is 0 Å². The molecule has 2 aromatic rings. The number of aromatic nitrogens is 1. The molecule has 1 aromatic heterocycles. The lowest BCUT2D eigenvalue weighted by Crippen LogP contribution is -2.46. The van der Waals surface area contributed by atoms with Gasteiger partial charge in [0.25, 0.3) is 0 Å². The van der Waals surface area contributed by atoms with Crippen molar-refractivity contribution < 1.29 is 9.59 Å². The van der Waals surface area contributed by atoms with E-state index in [1.165, 1.54) is 15.0 Å². The lowest BCUT2D eigenvalue weighted by molar-refractivity contribution is -0.139. The van der Waals surface area contributed by atoms with Crippen molar-refractivity contribution >= 4 is 39.3 Å². The third-order valence-electron chi connectivity index (χ3n) is 6.78. The van der Waals surface area contributed by atoms with Crippen molar-refractivity contribution in [2.45, 2.75) is 25.7 Å². The second-order valence-electron chi connectivity index (χ2n) is 8.55. The molecule has 0 N–H and O–H groups in total. The van der Waals surface area contributed by atoms with E-state index in [2.05, 4.69) is 44.5 Å². The van der Waals surface area contributed by atoms with E-state index in [0.29, 0.717) is 6.54 Å². The Morgan fingerprint density at radius 2 is 1.60 bits per heavy atom. The Labute approximate surface area is 181 Å². The molecule has 2 amide bonds. The van der Waals surface area contributed by atoms with Gasteiger partial charge in [0.15, 0.2) is 0 Å². The Morgan fingerprint density at radius 3 is 2.33 bits per heavy atom. The maximum atomic E-state index is 12.5. The summed E-state index contributed by atoms with van der Waals surface area (Å²) in [6.07, 6.45) is 8.02. The molecule has 2 aliphatic heterocycles. The van der Waals surface area contributed by atoms with Crippen LogP contribution in [0, 0.1) is 11.8 Å². The van der Waals surface area contributed by atoms with Crippen molar-refractivity contribution in [3.63, 3.8) is 0 Å². The summed E-state index contributed by atoms with van der Waals surface area (Å²) >= 11 is 1.57. The lowest BCUT2D eigenvalue weighted by atomic mass is 9.81. The maximum Gasteiger partial charge on any atom is 0.233 e. The molecule has 7 heteroatoms. The van der Waals surface area contributed by atoms with Crippen LogP contribution < -0.4 is 4.90 Å². The fourth-order valence-electron chi connectivity index (χ4n) is 5.06. The predicted molar refractivity (Wildman–Crippen MR) is 120 cm³/mol. The molecule has 158 valence electrons. The summed E-state index contributed by atoms with van der Waals surface area (Å²) in [4.78, 5) is 31.4. The maximum absolute atomic E-state index is 12.5. The van der Waals surface area contributed by atoms with Crippen molar-refractivity contribution in [3.8, 4) is 0 Å². The zero-order chi connectivity index (χ0) is 20.5. The zero-order valence-corrected chi connectivity index (χ0v) is 18.0. The number of carbonyl (C=O) groups is 2. The van der Waals surface area contributed by atoms with Crippen LogP contribution in [-0.2, 0) is 9.59 Å². The molecule has 0 bridgehead atoms. The summed E-state index contributed by atoms with van der Waals surface area (Å²) in [7, 11) is 0. The molecular formula is C23H28N4O2S. The Hall–Kier alpha value is -2.25. The first-order chi connectivity index (χ1) is 14.7. The molecule has 2 saturated heterocycles. The minimum Gasteiger partial charge on any atom is -0.353 e. The van der Waals surface area contributed by atoms with Crippen molar-refractivity contribution in [3.05, 3.63) is 36.4 Å². The van der Waals surface area contributed by atoms with Gasteiger partial charge in [0, 0.05) is 44.7 Å². The molecule has 0 unspecified atom stereocenters. The Morgan fingerprint density at radius 1 is 0.933 bits per heavy atom. The van der Waals surface area contributed by atoms with Crippen LogP contribution in [0.1, 0.15) is 25.7 Å². The number of hydrogen-bond donors (Lipinski definition) is 0. The number of carbonyl (C=O) groups excluding carboxylic acids is 2. The SMILES string of the molecule is O=C1[C@H]2CCCC[C@H]2C(=O)N1C/C=C/CN1CCN(c2nsc3ccccc23)CC1. The van der Waals surface area contributed by atoms with E-state index < -0.39 is 0 Å². The highest BCUT2D eigenvalue weighted by Crippen LogP contribution is 2.37. The Bertz CT molecular complexity index is 939. The normalized spacial score (nSPS) is 25.6. The van der Waals surface area contributed by atoms with Crippen LogP contribution in [-0.4, -0.2) is 65.3 Å². The summed E-state index contributed by atoms with van der Waals surface area (Å²) < 4.78 is 5.91. The topological polar surface area (TPSA) is 56.8 Å². The first-order valence-corrected chi connectivity index (χ1v) is 11.8. The zero-order valence-electron chi connectivity index (χ0n) is 17.2. The first-order valence-electron chi connectivity index (χ1n) is 11.0. The van der Waals surface area contributed by atoms with Crippen LogP contribution in [0.2, 0.25) is 0 Å². The molecule has 0 radical (unpaired) electrons. The largest absolute Gasteiger partial charge is 0.353 e. The van der Waals surface area contributed by atoms with Gasteiger partial charge in [-0.1, -0.05) is 37.1 Å². The molecular weight excluding hydrogens is 396 g/mol. The highest BCUT2D eigenvalue weighted by molar-refractivity contribution is 7.13. The average Bonchev–Trinajstić information content (AvgIpc) is 3.32. The van der Waals surface area contributed by atoms with Crippen LogP contribution in [0.5, 0.6) is 0 Å². The van der Waals surface area contributed by atoms with Crippen LogP contribution in [0.25, 0.3) is 10.1 Å². The number of benzene rings is 1. The molecule has 5 rings (SSSR count). The number of hydrogen-bond acceptors (Lipinski definition) is 6. The number of piperazine rings is 1. The monoisotopic (exact) mass is 424 g/mol. The van der Waals surface area contributed by atoms with Crippen LogP contribution in [0.3, 0.4) is 0 Å². The van der Waals surface area contributed by atoms with E-state index in [4.69, 9.17) is 0 Å². The van der Waals surface area contributed by atoms with E-state index in [1.54, 1.807) is 11.5 Å². The number of likely N-dealkylation sites (tertiary alicyclic amines) is 1. The van der Waals surface area contributed by atoms with Crippen LogP contribution in [0.15, 0.2) is 36.4 Å². The Kier molecular flexibility index (Phi) is 5.56. The van der Waals surface area contributed by atoms with E-state index in [1.807, 2.05) is 6.08 Å². The van der Waals surface area contributed by atoms with E-state index in [0.717, 1.165) is 64.2 Å². The fourth-order valence-corrected chi connectivity index (χ4v) is 5.85. The van der Waals surface area contributed by atoms with Gasteiger partial charge in [-0.15, -0.1) is 0 Å². The molecule has 1 saturated carbocycles. The number of anilines is 1. The molecule has 3 fully saturated rings. The van der Waals surface area contributed by atoms with Gasteiger partial charge >= 0.3 is 0 Å². The summed E-state index contributed by atoms with van der Waals surface area (Å²) in [5.74, 6) is 1.12. The molecule has 30 heavy (non-hydrogen) atoms. The molecule has 0 spiro atoms. The van der Waals surface area contributed by atoms with Crippen LogP contribution >= 0.6 is 11.5 Å². The molecule has 3 heterocycles. The highest BCUT2D eigenvalue weighted by Gasteiger charge is 2.47. The van der Waals surface area contributed by atoms with Crippen molar-refractivity contribution in [2.75, 3.05) is 44.2 Å². The minimum absolute atomic E-state index is 0.0467. The second kappa shape index (κ2) is 8.47. The first kappa shape index (κ1) is 19.7. The number of amides is 2. The Balaban J connectivity index is 1.11. The molecule has 2 atom stereocenters. The average molecular weight is 425 g/mol. The fraction of sp³-hybridized carbons (Fsp3) is 0.522. The molecule has 1 aliphatic carbocycles. The number of rotatable bonds is 5. The number of nitrogens with zero attached hydrogens (tertiary/aromatic N) is 4.